The lowest BCUT2D eigenvalue weighted by molar-refractivity contribution is 0.0749. The molecule has 0 atom stereocenters. The lowest BCUT2D eigenvalue weighted by atomic mass is 10.2. The van der Waals surface area contributed by atoms with Crippen molar-refractivity contribution in [3.05, 3.63) is 17.5 Å². The Morgan fingerprint density at radius 3 is 2.45 bits per heavy atom. The summed E-state index contributed by atoms with van der Waals surface area (Å²) in [6, 6.07) is 1.78. The molecule has 122 valence electrons. The Balaban J connectivity index is 2.22. The normalized spacial score (nSPS) is 15.0. The molecule has 2 heterocycles. The number of aromatic nitrogens is 2. The molecule has 1 amide bonds. The van der Waals surface area contributed by atoms with Gasteiger partial charge in [0, 0.05) is 31.9 Å². The first kappa shape index (κ1) is 16.7. The number of amides is 1. The topological polar surface area (TPSA) is 58.6 Å². The van der Waals surface area contributed by atoms with Gasteiger partial charge in [-0.2, -0.15) is 0 Å². The molecular weight excluding hydrogens is 280 g/mol. The molecular formula is C16H26N4O2. The average molecular weight is 306 g/mol. The fraction of sp³-hybridized carbons (Fsp3) is 0.688. The highest BCUT2D eigenvalue weighted by Gasteiger charge is 2.20. The Kier molecular flexibility index (Phi) is 6.12. The predicted octanol–water partition coefficient (Wildman–Crippen LogP) is 1.88. The molecule has 0 saturated carbocycles. The van der Waals surface area contributed by atoms with E-state index in [0.29, 0.717) is 24.9 Å². The van der Waals surface area contributed by atoms with Gasteiger partial charge in [-0.15, -0.1) is 0 Å². The first-order chi connectivity index (χ1) is 10.7. The Morgan fingerprint density at radius 1 is 1.23 bits per heavy atom. The standard InChI is InChI=1S/C16H26N4O2/c1-4-6-19(7-5-2)15(21)14-12-13(3)17-16(18-14)20-8-10-22-11-9-20/h12H,4-11H2,1-3H3. The third-order valence-electron chi connectivity index (χ3n) is 3.63. The SMILES string of the molecule is CCCN(CCC)C(=O)c1cc(C)nc(N2CCOCC2)n1. The van der Waals surface area contributed by atoms with E-state index in [-0.39, 0.29) is 5.91 Å². The number of hydrogen-bond acceptors (Lipinski definition) is 5. The second kappa shape index (κ2) is 8.08. The van der Waals surface area contributed by atoms with Gasteiger partial charge in [-0.3, -0.25) is 4.79 Å². The smallest absolute Gasteiger partial charge is 0.272 e. The maximum atomic E-state index is 12.7. The van der Waals surface area contributed by atoms with Crippen molar-refractivity contribution in [1.29, 1.82) is 0 Å². The van der Waals surface area contributed by atoms with E-state index in [1.165, 1.54) is 0 Å². The molecule has 1 aromatic heterocycles. The zero-order valence-corrected chi connectivity index (χ0v) is 13.8. The van der Waals surface area contributed by atoms with Gasteiger partial charge in [-0.1, -0.05) is 13.8 Å². The molecule has 0 aliphatic carbocycles. The number of morpholine rings is 1. The largest absolute Gasteiger partial charge is 0.378 e. The highest BCUT2D eigenvalue weighted by atomic mass is 16.5. The van der Waals surface area contributed by atoms with E-state index in [2.05, 4.69) is 28.7 Å². The van der Waals surface area contributed by atoms with Crippen LogP contribution in [0.4, 0.5) is 5.95 Å². The van der Waals surface area contributed by atoms with Crippen LogP contribution in [-0.2, 0) is 4.74 Å². The number of ether oxygens (including phenoxy) is 1. The molecule has 0 bridgehead atoms. The first-order valence-electron chi connectivity index (χ1n) is 8.13. The molecule has 0 N–H and O–H groups in total. The second-order valence-electron chi connectivity index (χ2n) is 5.59. The third kappa shape index (κ3) is 4.16. The molecule has 0 unspecified atom stereocenters. The van der Waals surface area contributed by atoms with E-state index in [1.54, 1.807) is 6.07 Å². The van der Waals surface area contributed by atoms with Gasteiger partial charge >= 0.3 is 0 Å². The minimum atomic E-state index is 0.00343. The number of carbonyl (C=O) groups excluding carboxylic acids is 1. The Labute approximate surface area is 132 Å². The third-order valence-corrected chi connectivity index (χ3v) is 3.63. The van der Waals surface area contributed by atoms with Crippen molar-refractivity contribution in [1.82, 2.24) is 14.9 Å². The van der Waals surface area contributed by atoms with Gasteiger partial charge in [0.1, 0.15) is 5.69 Å². The van der Waals surface area contributed by atoms with Gasteiger partial charge in [-0.05, 0) is 25.8 Å². The van der Waals surface area contributed by atoms with E-state index < -0.39 is 0 Å². The maximum Gasteiger partial charge on any atom is 0.272 e. The number of nitrogens with zero attached hydrogens (tertiary/aromatic N) is 4. The lowest BCUT2D eigenvalue weighted by Gasteiger charge is -2.27. The summed E-state index contributed by atoms with van der Waals surface area (Å²) in [6.07, 6.45) is 1.90. The summed E-state index contributed by atoms with van der Waals surface area (Å²) in [6.45, 7) is 10.5. The van der Waals surface area contributed by atoms with Crippen LogP contribution < -0.4 is 4.90 Å². The minimum Gasteiger partial charge on any atom is -0.378 e. The molecule has 1 aliphatic heterocycles. The number of hydrogen-bond donors (Lipinski definition) is 0. The van der Waals surface area contributed by atoms with E-state index in [0.717, 1.165) is 44.7 Å². The van der Waals surface area contributed by atoms with Crippen LogP contribution in [0, 0.1) is 6.92 Å². The van der Waals surface area contributed by atoms with Crippen LogP contribution in [0.5, 0.6) is 0 Å². The molecule has 1 aromatic rings. The van der Waals surface area contributed by atoms with Gasteiger partial charge in [-0.25, -0.2) is 9.97 Å². The fourth-order valence-electron chi connectivity index (χ4n) is 2.58. The quantitative estimate of drug-likeness (QED) is 0.803. The van der Waals surface area contributed by atoms with Gasteiger partial charge < -0.3 is 14.5 Å². The Bertz CT molecular complexity index is 495. The molecule has 1 saturated heterocycles. The van der Waals surface area contributed by atoms with Gasteiger partial charge in [0.25, 0.3) is 5.91 Å². The van der Waals surface area contributed by atoms with Crippen molar-refractivity contribution >= 4 is 11.9 Å². The monoisotopic (exact) mass is 306 g/mol. The number of anilines is 1. The summed E-state index contributed by atoms with van der Waals surface area (Å²) in [4.78, 5) is 25.7. The second-order valence-corrected chi connectivity index (χ2v) is 5.59. The van der Waals surface area contributed by atoms with Crippen LogP contribution in [0.2, 0.25) is 0 Å². The van der Waals surface area contributed by atoms with Crippen LogP contribution in [0.25, 0.3) is 0 Å². The summed E-state index contributed by atoms with van der Waals surface area (Å²) in [7, 11) is 0. The molecule has 22 heavy (non-hydrogen) atoms. The zero-order chi connectivity index (χ0) is 15.9. The van der Waals surface area contributed by atoms with Crippen LogP contribution >= 0.6 is 0 Å². The number of carbonyl (C=O) groups is 1. The summed E-state index contributed by atoms with van der Waals surface area (Å²) < 4.78 is 5.36. The number of aryl methyl sites for hydroxylation is 1. The first-order valence-corrected chi connectivity index (χ1v) is 8.13. The van der Waals surface area contributed by atoms with E-state index >= 15 is 0 Å². The maximum absolute atomic E-state index is 12.7. The van der Waals surface area contributed by atoms with Gasteiger partial charge in [0.2, 0.25) is 5.95 Å². The van der Waals surface area contributed by atoms with Crippen molar-refractivity contribution in [2.75, 3.05) is 44.3 Å². The molecule has 6 heteroatoms. The minimum absolute atomic E-state index is 0.00343. The van der Waals surface area contributed by atoms with Crippen LogP contribution in [0.1, 0.15) is 42.9 Å². The summed E-state index contributed by atoms with van der Waals surface area (Å²) in [5.74, 6) is 0.642. The summed E-state index contributed by atoms with van der Waals surface area (Å²) >= 11 is 0. The van der Waals surface area contributed by atoms with Crippen molar-refractivity contribution < 1.29 is 9.53 Å². The van der Waals surface area contributed by atoms with Crippen LogP contribution in [0.15, 0.2) is 6.07 Å². The summed E-state index contributed by atoms with van der Waals surface area (Å²) in [5, 5.41) is 0. The molecule has 0 radical (unpaired) electrons. The van der Waals surface area contributed by atoms with Gasteiger partial charge in [0.15, 0.2) is 0 Å². The molecule has 2 rings (SSSR count). The molecule has 0 aromatic carbocycles. The Hall–Kier alpha value is -1.69. The van der Waals surface area contributed by atoms with Crippen molar-refractivity contribution in [2.45, 2.75) is 33.6 Å². The molecule has 6 nitrogen and oxygen atoms in total. The highest BCUT2D eigenvalue weighted by Crippen LogP contribution is 2.14. The molecule has 0 spiro atoms. The highest BCUT2D eigenvalue weighted by molar-refractivity contribution is 5.92. The predicted molar refractivity (Wildman–Crippen MR) is 86.3 cm³/mol. The fourth-order valence-corrected chi connectivity index (χ4v) is 2.58. The van der Waals surface area contributed by atoms with Crippen LogP contribution in [0.3, 0.4) is 0 Å². The number of rotatable bonds is 6. The average Bonchev–Trinajstić information content (AvgIpc) is 2.54. The van der Waals surface area contributed by atoms with E-state index in [1.807, 2.05) is 11.8 Å². The van der Waals surface area contributed by atoms with E-state index in [9.17, 15) is 4.79 Å². The summed E-state index contributed by atoms with van der Waals surface area (Å²) in [5.41, 5.74) is 1.32. The van der Waals surface area contributed by atoms with E-state index in [4.69, 9.17) is 4.74 Å². The lowest BCUT2D eigenvalue weighted by Crippen LogP contribution is -2.38. The molecule has 1 fully saturated rings. The molecule has 1 aliphatic rings. The van der Waals surface area contributed by atoms with Crippen molar-refractivity contribution in [3.63, 3.8) is 0 Å². The zero-order valence-electron chi connectivity index (χ0n) is 13.8. The van der Waals surface area contributed by atoms with Gasteiger partial charge in [0.05, 0.1) is 13.2 Å². The van der Waals surface area contributed by atoms with Crippen LogP contribution in [-0.4, -0.2) is 60.2 Å². The van der Waals surface area contributed by atoms with Crippen molar-refractivity contribution in [3.8, 4) is 0 Å². The Morgan fingerprint density at radius 2 is 1.86 bits per heavy atom. The van der Waals surface area contributed by atoms with Crippen molar-refractivity contribution in [2.24, 2.45) is 0 Å².